The van der Waals surface area contributed by atoms with Gasteiger partial charge in [-0.3, -0.25) is 0 Å². The van der Waals surface area contributed by atoms with E-state index in [4.69, 9.17) is 5.73 Å². The molecule has 0 aliphatic carbocycles. The number of halogens is 2. The second-order valence-corrected chi connectivity index (χ2v) is 8.89. The van der Waals surface area contributed by atoms with Crippen LogP contribution in [0.4, 0.5) is 4.39 Å². The van der Waals surface area contributed by atoms with Crippen molar-refractivity contribution in [2.24, 2.45) is 5.73 Å². The van der Waals surface area contributed by atoms with Gasteiger partial charge in [0.05, 0.1) is 4.90 Å². The molecule has 0 spiro atoms. The van der Waals surface area contributed by atoms with E-state index in [-0.39, 0.29) is 29.9 Å². The Morgan fingerprint density at radius 3 is 2.45 bits per heavy atom. The Labute approximate surface area is 135 Å². The summed E-state index contributed by atoms with van der Waals surface area (Å²) in [6.07, 6.45) is 2.23. The van der Waals surface area contributed by atoms with Gasteiger partial charge in [-0.05, 0) is 31.0 Å². The molecule has 1 aliphatic heterocycles. The van der Waals surface area contributed by atoms with Gasteiger partial charge in [0.15, 0.2) is 9.84 Å². The summed E-state index contributed by atoms with van der Waals surface area (Å²) < 4.78 is 62.8. The molecule has 1 heterocycles. The number of nitrogens with two attached hydrogens (primary N) is 1. The van der Waals surface area contributed by atoms with Crippen LogP contribution < -0.4 is 5.73 Å². The van der Waals surface area contributed by atoms with E-state index < -0.39 is 30.6 Å². The maximum atomic E-state index is 13.9. The molecule has 10 heteroatoms. The number of hydrogen-bond acceptors (Lipinski definition) is 5. The van der Waals surface area contributed by atoms with Crippen molar-refractivity contribution in [1.29, 1.82) is 0 Å². The van der Waals surface area contributed by atoms with Crippen LogP contribution in [0.25, 0.3) is 0 Å². The van der Waals surface area contributed by atoms with Gasteiger partial charge in [-0.15, -0.1) is 12.4 Å². The Morgan fingerprint density at radius 1 is 1.32 bits per heavy atom. The summed E-state index contributed by atoms with van der Waals surface area (Å²) in [7, 11) is -7.60. The average Bonchev–Trinajstić information content (AvgIpc) is 2.86. The zero-order chi connectivity index (χ0) is 15.8. The van der Waals surface area contributed by atoms with Crippen LogP contribution in [0.1, 0.15) is 12.8 Å². The Bertz CT molecular complexity index is 752. The lowest BCUT2D eigenvalue weighted by Gasteiger charge is -2.23. The molecule has 1 aromatic rings. The molecule has 2 N–H and O–H groups in total. The van der Waals surface area contributed by atoms with Crippen LogP contribution in [0.15, 0.2) is 28.0 Å². The minimum Gasteiger partial charge on any atom is -0.329 e. The fourth-order valence-corrected chi connectivity index (χ4v) is 4.88. The first-order valence-electron chi connectivity index (χ1n) is 6.39. The maximum Gasteiger partial charge on any atom is 0.243 e. The Kier molecular flexibility index (Phi) is 5.96. The summed E-state index contributed by atoms with van der Waals surface area (Å²) in [5, 5.41) is 0. The lowest BCUT2D eigenvalue weighted by atomic mass is 10.2. The Morgan fingerprint density at radius 2 is 1.95 bits per heavy atom. The summed E-state index contributed by atoms with van der Waals surface area (Å²) >= 11 is 0. The number of nitrogens with zero attached hydrogens (tertiary/aromatic N) is 1. The first-order chi connectivity index (χ1) is 9.67. The summed E-state index contributed by atoms with van der Waals surface area (Å²) in [6, 6.07) is 2.54. The molecule has 0 bridgehead atoms. The summed E-state index contributed by atoms with van der Waals surface area (Å²) in [5.74, 6) is -1.07. The third-order valence-corrected chi connectivity index (χ3v) is 6.58. The first kappa shape index (κ1) is 19.3. The minimum absolute atomic E-state index is 0. The molecule has 22 heavy (non-hydrogen) atoms. The summed E-state index contributed by atoms with van der Waals surface area (Å²) in [5.41, 5.74) is 5.55. The van der Waals surface area contributed by atoms with Crippen LogP contribution in [0.2, 0.25) is 0 Å². The lowest BCUT2D eigenvalue weighted by molar-refractivity contribution is 0.392. The van der Waals surface area contributed by atoms with Crippen molar-refractivity contribution in [1.82, 2.24) is 4.31 Å². The number of rotatable bonds is 4. The molecule has 2 rings (SSSR count). The zero-order valence-corrected chi connectivity index (χ0v) is 14.3. The molecule has 1 saturated heterocycles. The fourth-order valence-electron chi connectivity index (χ4n) is 2.44. The van der Waals surface area contributed by atoms with Crippen molar-refractivity contribution in [3.05, 3.63) is 24.0 Å². The molecule has 1 aromatic carbocycles. The largest absolute Gasteiger partial charge is 0.329 e. The van der Waals surface area contributed by atoms with Crippen LogP contribution in [0.3, 0.4) is 0 Å². The van der Waals surface area contributed by atoms with E-state index in [1.807, 2.05) is 0 Å². The van der Waals surface area contributed by atoms with Gasteiger partial charge in [0.25, 0.3) is 0 Å². The number of sulfone groups is 1. The second kappa shape index (κ2) is 6.79. The first-order valence-corrected chi connectivity index (χ1v) is 9.72. The summed E-state index contributed by atoms with van der Waals surface area (Å²) in [4.78, 5) is -0.772. The van der Waals surface area contributed by atoms with Gasteiger partial charge < -0.3 is 5.73 Å². The molecule has 0 amide bonds. The predicted octanol–water partition coefficient (Wildman–Crippen LogP) is 0.763. The van der Waals surface area contributed by atoms with E-state index in [1.54, 1.807) is 0 Å². The van der Waals surface area contributed by atoms with Gasteiger partial charge in [-0.1, -0.05) is 0 Å². The minimum atomic E-state index is -3.87. The predicted molar refractivity (Wildman–Crippen MR) is 82.7 cm³/mol. The number of sulfonamides is 1. The van der Waals surface area contributed by atoms with Gasteiger partial charge in [-0.2, -0.15) is 4.31 Å². The Hall–Kier alpha value is -0.740. The molecule has 126 valence electrons. The second-order valence-electron chi connectivity index (χ2n) is 5.01. The molecule has 0 saturated carbocycles. The number of benzene rings is 1. The van der Waals surface area contributed by atoms with E-state index in [2.05, 4.69) is 0 Å². The topological polar surface area (TPSA) is 97.5 Å². The highest BCUT2D eigenvalue weighted by Gasteiger charge is 2.35. The third-order valence-electron chi connectivity index (χ3n) is 3.50. The molecular formula is C12H18ClFN2O4S2. The van der Waals surface area contributed by atoms with E-state index in [9.17, 15) is 21.2 Å². The third kappa shape index (κ3) is 3.60. The van der Waals surface area contributed by atoms with Crippen LogP contribution in [-0.2, 0) is 19.9 Å². The highest BCUT2D eigenvalue weighted by Crippen LogP contribution is 2.27. The standard InChI is InChI=1S/C12H17FN2O4S2.ClH/c1-20(16,17)12-5-4-10(7-11(12)13)21(18,19)15-6-2-3-9(15)8-14;/h4-5,7,9H,2-3,6,8,14H2,1H3;1H. The molecule has 1 fully saturated rings. The normalized spacial score (nSPS) is 19.9. The van der Waals surface area contributed by atoms with Crippen molar-refractivity contribution in [2.75, 3.05) is 19.3 Å². The monoisotopic (exact) mass is 372 g/mol. The van der Waals surface area contributed by atoms with Gasteiger partial charge in [0.2, 0.25) is 10.0 Å². The maximum absolute atomic E-state index is 13.9. The van der Waals surface area contributed by atoms with Crippen molar-refractivity contribution in [3.8, 4) is 0 Å². The van der Waals surface area contributed by atoms with Gasteiger partial charge in [-0.25, -0.2) is 21.2 Å². The smallest absolute Gasteiger partial charge is 0.243 e. The van der Waals surface area contributed by atoms with E-state index in [0.717, 1.165) is 24.5 Å². The van der Waals surface area contributed by atoms with Crippen LogP contribution in [-0.4, -0.2) is 46.5 Å². The molecule has 6 nitrogen and oxygen atoms in total. The van der Waals surface area contributed by atoms with Gasteiger partial charge in [0, 0.05) is 25.4 Å². The molecular weight excluding hydrogens is 355 g/mol. The molecule has 1 aliphatic rings. The molecule has 1 unspecified atom stereocenters. The molecule has 0 radical (unpaired) electrons. The van der Waals surface area contributed by atoms with E-state index in [0.29, 0.717) is 19.4 Å². The van der Waals surface area contributed by atoms with Crippen molar-refractivity contribution in [3.63, 3.8) is 0 Å². The SMILES string of the molecule is CS(=O)(=O)c1ccc(S(=O)(=O)N2CCCC2CN)cc1F.Cl. The van der Waals surface area contributed by atoms with E-state index >= 15 is 0 Å². The Balaban J connectivity index is 0.00000242. The average molecular weight is 373 g/mol. The van der Waals surface area contributed by atoms with Crippen molar-refractivity contribution in [2.45, 2.75) is 28.7 Å². The quantitative estimate of drug-likeness (QED) is 0.841. The molecule has 1 atom stereocenters. The van der Waals surface area contributed by atoms with Crippen molar-refractivity contribution < 1.29 is 21.2 Å². The van der Waals surface area contributed by atoms with Gasteiger partial charge in [0.1, 0.15) is 10.7 Å². The van der Waals surface area contributed by atoms with Crippen molar-refractivity contribution >= 4 is 32.3 Å². The van der Waals surface area contributed by atoms with Crippen LogP contribution in [0, 0.1) is 5.82 Å². The molecule has 0 aromatic heterocycles. The van der Waals surface area contributed by atoms with E-state index in [1.165, 1.54) is 4.31 Å². The highest BCUT2D eigenvalue weighted by molar-refractivity contribution is 7.90. The van der Waals surface area contributed by atoms with Crippen LogP contribution >= 0.6 is 12.4 Å². The van der Waals surface area contributed by atoms with Crippen LogP contribution in [0.5, 0.6) is 0 Å². The van der Waals surface area contributed by atoms with Gasteiger partial charge >= 0.3 is 0 Å². The lowest BCUT2D eigenvalue weighted by Crippen LogP contribution is -2.39. The highest BCUT2D eigenvalue weighted by atomic mass is 35.5. The fraction of sp³-hybridized carbons (Fsp3) is 0.500. The zero-order valence-electron chi connectivity index (χ0n) is 11.9. The number of hydrogen-bond donors (Lipinski definition) is 1. The summed E-state index contributed by atoms with van der Waals surface area (Å²) in [6.45, 7) is 0.531.